The lowest BCUT2D eigenvalue weighted by molar-refractivity contribution is -0.140. The van der Waals surface area contributed by atoms with Gasteiger partial charge in [-0.05, 0) is 57.1 Å². The molecule has 5 amide bonds. The number of hydrogen-bond acceptors (Lipinski definition) is 6. The third kappa shape index (κ3) is 9.43. The number of hydrogen-bond donors (Lipinski definition) is 0. The highest BCUT2D eigenvalue weighted by atomic mass is 16.5. The fourth-order valence-corrected chi connectivity index (χ4v) is 5.75. The molecular formula is C32H49N5O6. The van der Waals surface area contributed by atoms with Gasteiger partial charge in [-0.15, -0.1) is 0 Å². The predicted octanol–water partition coefficient (Wildman–Crippen LogP) is 2.49. The van der Waals surface area contributed by atoms with Gasteiger partial charge < -0.3 is 29.2 Å². The molecule has 0 radical (unpaired) electrons. The Morgan fingerprint density at radius 1 is 0.907 bits per heavy atom. The summed E-state index contributed by atoms with van der Waals surface area (Å²) in [4.78, 5) is 72.9. The molecule has 0 saturated carbocycles. The van der Waals surface area contributed by atoms with Crippen LogP contribution >= 0.6 is 0 Å². The van der Waals surface area contributed by atoms with E-state index in [0.29, 0.717) is 95.7 Å². The van der Waals surface area contributed by atoms with Gasteiger partial charge in [0.15, 0.2) is 0 Å². The van der Waals surface area contributed by atoms with Crippen molar-refractivity contribution in [2.45, 2.75) is 64.8 Å². The highest BCUT2D eigenvalue weighted by molar-refractivity contribution is 5.99. The molecule has 11 heteroatoms. The minimum absolute atomic E-state index is 0.0438. The average Bonchev–Trinajstić information content (AvgIpc) is 3.00. The molecule has 11 nitrogen and oxygen atoms in total. The van der Waals surface area contributed by atoms with E-state index < -0.39 is 6.04 Å². The molecular weight excluding hydrogens is 550 g/mol. The average molecular weight is 600 g/mol. The summed E-state index contributed by atoms with van der Waals surface area (Å²) < 4.78 is 6.07. The smallest absolute Gasteiger partial charge is 0.258 e. The van der Waals surface area contributed by atoms with Crippen LogP contribution in [0, 0.1) is 5.92 Å². The molecule has 0 unspecified atom stereocenters. The highest BCUT2D eigenvalue weighted by Crippen LogP contribution is 2.24. The van der Waals surface area contributed by atoms with E-state index in [1.54, 1.807) is 61.0 Å². The van der Waals surface area contributed by atoms with E-state index in [4.69, 9.17) is 4.74 Å². The van der Waals surface area contributed by atoms with E-state index in [1.165, 1.54) is 11.8 Å². The number of nitrogens with zero attached hydrogens (tertiary/aromatic N) is 5. The topological polar surface area (TPSA) is 111 Å². The molecule has 1 aromatic rings. The molecule has 43 heavy (non-hydrogen) atoms. The normalized spacial score (nSPS) is 20.0. The van der Waals surface area contributed by atoms with Crippen LogP contribution in [0.5, 0.6) is 5.75 Å². The van der Waals surface area contributed by atoms with Crippen LogP contribution in [-0.4, -0.2) is 127 Å². The first-order valence-electron chi connectivity index (χ1n) is 15.5. The Hall–Kier alpha value is -3.63. The maximum absolute atomic E-state index is 13.7. The van der Waals surface area contributed by atoms with Crippen LogP contribution in [0.25, 0.3) is 0 Å². The van der Waals surface area contributed by atoms with Crippen LogP contribution < -0.4 is 4.74 Å². The van der Waals surface area contributed by atoms with Crippen molar-refractivity contribution in [2.75, 3.05) is 67.0 Å². The van der Waals surface area contributed by atoms with Gasteiger partial charge in [-0.2, -0.15) is 0 Å². The summed E-state index contributed by atoms with van der Waals surface area (Å²) in [6, 6.07) is 6.34. The summed E-state index contributed by atoms with van der Waals surface area (Å²) in [5.74, 6) is -0.0187. The Kier molecular flexibility index (Phi) is 12.8. The van der Waals surface area contributed by atoms with Crippen LogP contribution in [0.3, 0.4) is 0 Å². The number of rotatable bonds is 5. The number of piperidine rings is 1. The van der Waals surface area contributed by atoms with Gasteiger partial charge in [0.1, 0.15) is 11.8 Å². The first kappa shape index (κ1) is 33.9. The fourth-order valence-electron chi connectivity index (χ4n) is 5.75. The van der Waals surface area contributed by atoms with Gasteiger partial charge in [0, 0.05) is 80.2 Å². The number of fused-ring (bicyclic) bond motifs is 1. The van der Waals surface area contributed by atoms with Crippen molar-refractivity contribution in [3.8, 4) is 5.75 Å². The van der Waals surface area contributed by atoms with Crippen molar-refractivity contribution in [1.82, 2.24) is 24.5 Å². The van der Waals surface area contributed by atoms with Gasteiger partial charge in [-0.25, -0.2) is 0 Å². The number of carbonyl (C=O) groups is 5. The Bertz CT molecular complexity index is 1130. The Balaban J connectivity index is 1.77. The number of likely N-dealkylation sites (N-methyl/N-ethyl adjacent to an activating group) is 2. The highest BCUT2D eigenvalue weighted by Gasteiger charge is 2.32. The Labute approximate surface area is 256 Å². The lowest BCUT2D eigenvalue weighted by Gasteiger charge is -2.34. The van der Waals surface area contributed by atoms with Crippen molar-refractivity contribution in [3.05, 3.63) is 29.8 Å². The summed E-state index contributed by atoms with van der Waals surface area (Å²) in [5, 5.41) is 0. The first-order valence-corrected chi connectivity index (χ1v) is 15.5. The van der Waals surface area contributed by atoms with Gasteiger partial charge in [0.2, 0.25) is 23.6 Å². The maximum atomic E-state index is 13.7. The predicted molar refractivity (Wildman–Crippen MR) is 163 cm³/mol. The zero-order valence-corrected chi connectivity index (χ0v) is 26.5. The number of carbonyl (C=O) groups excluding carboxylic acids is 5. The van der Waals surface area contributed by atoms with Crippen LogP contribution in [0.2, 0.25) is 0 Å². The molecule has 1 fully saturated rings. The molecule has 0 bridgehead atoms. The third-order valence-corrected chi connectivity index (χ3v) is 8.68. The number of amides is 5. The number of benzene rings is 1. The van der Waals surface area contributed by atoms with Crippen molar-refractivity contribution >= 4 is 29.5 Å². The number of ether oxygens (including phenoxy) is 1. The molecule has 1 saturated heterocycles. The van der Waals surface area contributed by atoms with E-state index in [0.717, 1.165) is 6.42 Å². The van der Waals surface area contributed by atoms with Gasteiger partial charge in [0.05, 0.1) is 12.2 Å². The van der Waals surface area contributed by atoms with E-state index in [2.05, 4.69) is 0 Å². The van der Waals surface area contributed by atoms with Crippen molar-refractivity contribution in [3.63, 3.8) is 0 Å². The molecule has 0 aliphatic carbocycles. The lowest BCUT2D eigenvalue weighted by atomic mass is 9.95. The summed E-state index contributed by atoms with van der Waals surface area (Å²) in [7, 11) is 5.12. The summed E-state index contributed by atoms with van der Waals surface area (Å²) in [5.41, 5.74) is 0.378. The summed E-state index contributed by atoms with van der Waals surface area (Å²) >= 11 is 0. The van der Waals surface area contributed by atoms with Crippen LogP contribution in [0.4, 0.5) is 0 Å². The lowest BCUT2D eigenvalue weighted by Crippen LogP contribution is -2.49. The van der Waals surface area contributed by atoms with Crippen LogP contribution in [-0.2, 0) is 19.2 Å². The monoisotopic (exact) mass is 599 g/mol. The summed E-state index contributed by atoms with van der Waals surface area (Å²) in [6.07, 6.45) is 4.37. The Morgan fingerprint density at radius 3 is 2.23 bits per heavy atom. The van der Waals surface area contributed by atoms with E-state index in [9.17, 15) is 24.0 Å². The van der Waals surface area contributed by atoms with Gasteiger partial charge in [-0.1, -0.05) is 12.1 Å². The van der Waals surface area contributed by atoms with E-state index in [-0.39, 0.29) is 35.5 Å². The second-order valence-electron chi connectivity index (χ2n) is 11.8. The number of para-hydroxylation sites is 1. The van der Waals surface area contributed by atoms with Crippen molar-refractivity contribution in [1.29, 1.82) is 0 Å². The van der Waals surface area contributed by atoms with Gasteiger partial charge in [0.25, 0.3) is 5.91 Å². The standard InChI is InChI=1S/C32H49N5O6/c1-24(38)33(3)18-10-13-28-32(42)34(4)17-8-9-19-37(30(40)26-15-21-36(22-16-26)25(2)39)20-11-23-43-29-14-7-6-12-27(29)31(41)35(28)5/h6-7,12,14,26,28H,8-11,13,15-23H2,1-5H3/t28-/m0/s1. The molecule has 0 aromatic heterocycles. The molecule has 2 aliphatic rings. The minimum Gasteiger partial charge on any atom is -0.493 e. The minimum atomic E-state index is -0.697. The molecule has 2 heterocycles. The molecule has 0 N–H and O–H groups in total. The molecule has 238 valence electrons. The van der Waals surface area contributed by atoms with Crippen LogP contribution in [0.1, 0.15) is 69.2 Å². The van der Waals surface area contributed by atoms with E-state index >= 15 is 0 Å². The zero-order chi connectivity index (χ0) is 31.5. The van der Waals surface area contributed by atoms with Crippen molar-refractivity contribution < 1.29 is 28.7 Å². The molecule has 0 spiro atoms. The van der Waals surface area contributed by atoms with Crippen LogP contribution in [0.15, 0.2) is 24.3 Å². The SMILES string of the molecule is CC(=O)N(C)CCC[C@H]1C(=O)N(C)CCCCN(C(=O)C2CCN(C(C)=O)CC2)CCCOc2ccccc2C(=O)N1C. The maximum Gasteiger partial charge on any atom is 0.258 e. The quantitative estimate of drug-likeness (QED) is 0.515. The second-order valence-corrected chi connectivity index (χ2v) is 11.8. The Morgan fingerprint density at radius 2 is 1.56 bits per heavy atom. The fraction of sp³-hybridized carbons (Fsp3) is 0.656. The zero-order valence-electron chi connectivity index (χ0n) is 26.5. The third-order valence-electron chi connectivity index (χ3n) is 8.68. The molecule has 3 rings (SSSR count). The van der Waals surface area contributed by atoms with Gasteiger partial charge >= 0.3 is 0 Å². The van der Waals surface area contributed by atoms with Gasteiger partial charge in [-0.3, -0.25) is 24.0 Å². The number of likely N-dealkylation sites (tertiary alicyclic amines) is 1. The summed E-state index contributed by atoms with van der Waals surface area (Å²) in [6.45, 7) is 6.71. The molecule has 1 aromatic carbocycles. The largest absolute Gasteiger partial charge is 0.493 e. The molecule has 1 atom stereocenters. The van der Waals surface area contributed by atoms with Crippen molar-refractivity contribution in [2.24, 2.45) is 5.92 Å². The molecule has 2 aliphatic heterocycles. The first-order chi connectivity index (χ1) is 20.5. The van der Waals surface area contributed by atoms with E-state index in [1.807, 2.05) is 11.0 Å². The second kappa shape index (κ2) is 16.3.